The van der Waals surface area contributed by atoms with Gasteiger partial charge in [0, 0.05) is 61.1 Å². The van der Waals surface area contributed by atoms with E-state index in [-0.39, 0.29) is 75.2 Å². The predicted octanol–water partition coefficient (Wildman–Crippen LogP) is 14.5. The summed E-state index contributed by atoms with van der Waals surface area (Å²) in [7, 11) is -8.02. The van der Waals surface area contributed by atoms with Gasteiger partial charge in [0.15, 0.2) is 22.8 Å². The number of aromatic nitrogens is 2. The third-order valence-corrected chi connectivity index (χ3v) is 30.6. The number of amides is 4. The van der Waals surface area contributed by atoms with Gasteiger partial charge in [-0.15, -0.1) is 0 Å². The number of nitrogens with zero attached hydrogens (tertiary/aromatic N) is 4. The number of benzene rings is 2. The lowest BCUT2D eigenvalue weighted by atomic mass is 9.82. The number of carbonyl (C=O) groups excluding carboxylic acids is 8. The van der Waals surface area contributed by atoms with Gasteiger partial charge < -0.3 is 38.2 Å². The number of alkyl halides is 4. The monoisotopic (exact) mass is 1690 g/mol. The molecule has 0 unspecified atom stereocenters. The third kappa shape index (κ3) is 19.7. The number of sulfonamides is 2. The Hall–Kier alpha value is -8.28. The van der Waals surface area contributed by atoms with E-state index in [1.165, 1.54) is 9.80 Å². The summed E-state index contributed by atoms with van der Waals surface area (Å²) in [6, 6.07) is 9.25. The second kappa shape index (κ2) is 34.3. The highest BCUT2D eigenvalue weighted by molar-refractivity contribution is 7.92. The number of hydrogen-bond acceptors (Lipinski definition) is 20. The Bertz CT molecular complexity index is 4530. The smallest absolute Gasteiger partial charge is 0.307 e. The molecule has 8 aliphatic rings. The fraction of sp³-hybridized carbons (Fsp3) is 0.659. The van der Waals surface area contributed by atoms with Crippen molar-refractivity contribution in [3.8, 4) is 23.3 Å². The minimum Gasteiger partial charge on any atom is -0.492 e. The Labute approximate surface area is 690 Å². The van der Waals surface area contributed by atoms with Crippen LogP contribution in [0.4, 0.5) is 17.6 Å². The van der Waals surface area contributed by atoms with Crippen molar-refractivity contribution in [3.63, 3.8) is 0 Å². The zero-order chi connectivity index (χ0) is 86.6. The van der Waals surface area contributed by atoms with Crippen LogP contribution in [0.5, 0.6) is 23.3 Å². The van der Waals surface area contributed by atoms with Gasteiger partial charge in [-0.3, -0.25) is 47.8 Å². The van der Waals surface area contributed by atoms with Crippen molar-refractivity contribution >= 4 is 88.7 Å². The number of halogens is 4. The first-order valence-corrected chi connectivity index (χ1v) is 44.7. The van der Waals surface area contributed by atoms with Crippen molar-refractivity contribution in [2.24, 2.45) is 58.2 Å². The topological polar surface area (TPSA) is 317 Å². The van der Waals surface area contributed by atoms with E-state index in [4.69, 9.17) is 28.4 Å². The third-order valence-electron chi connectivity index (χ3n) is 26.3. The fourth-order valence-electron chi connectivity index (χ4n) is 17.0. The van der Waals surface area contributed by atoms with Gasteiger partial charge in [-0.1, -0.05) is 75.3 Å². The van der Waals surface area contributed by atoms with Gasteiger partial charge in [0.25, 0.3) is 11.8 Å². The second-order valence-corrected chi connectivity index (χ2v) is 41.2. The van der Waals surface area contributed by atoms with Crippen LogP contribution < -0.4 is 28.4 Å². The summed E-state index contributed by atoms with van der Waals surface area (Å²) in [5.41, 5.74) is -5.00. The van der Waals surface area contributed by atoms with Crippen molar-refractivity contribution in [1.82, 2.24) is 29.2 Å². The van der Waals surface area contributed by atoms with Crippen LogP contribution >= 0.6 is 0 Å². The lowest BCUT2D eigenvalue weighted by Gasteiger charge is -2.34. The summed E-state index contributed by atoms with van der Waals surface area (Å²) >= 11 is 0. The molecule has 12 rings (SSSR count). The fourth-order valence-corrected chi connectivity index (χ4v) is 19.7. The minimum absolute atomic E-state index is 0.0262. The second-order valence-electron chi connectivity index (χ2n) is 36.8. The molecule has 4 aliphatic heterocycles. The van der Waals surface area contributed by atoms with Crippen molar-refractivity contribution in [2.75, 3.05) is 26.3 Å². The van der Waals surface area contributed by atoms with E-state index < -0.39 is 183 Å². The Kier molecular flexibility index (Phi) is 26.3. The first-order chi connectivity index (χ1) is 55.0. The van der Waals surface area contributed by atoms with Crippen molar-refractivity contribution in [1.29, 1.82) is 0 Å². The number of rotatable bonds is 22. The molecule has 2 aromatic carbocycles. The molecule has 2 aromatic heterocycles. The van der Waals surface area contributed by atoms with E-state index in [2.05, 4.69) is 19.4 Å². The zero-order valence-corrected chi connectivity index (χ0v) is 72.5. The molecule has 4 amide bonds. The van der Waals surface area contributed by atoms with Crippen LogP contribution in [0.15, 0.2) is 73.1 Å². The number of hydrogen-bond donors (Lipinski definition) is 2. The van der Waals surface area contributed by atoms with E-state index in [1.807, 2.05) is 116 Å². The lowest BCUT2D eigenvalue weighted by Crippen LogP contribution is -2.49. The summed E-state index contributed by atoms with van der Waals surface area (Å²) in [4.78, 5) is 126. The Morgan fingerprint density at radius 3 is 1.23 bits per heavy atom. The van der Waals surface area contributed by atoms with Crippen LogP contribution in [0, 0.1) is 72.0 Å². The van der Waals surface area contributed by atoms with Gasteiger partial charge in [0.1, 0.15) is 23.7 Å². The quantitative estimate of drug-likeness (QED) is 0.0419. The Balaban J connectivity index is 0.000000231. The van der Waals surface area contributed by atoms with Crippen LogP contribution in [0.1, 0.15) is 224 Å². The van der Waals surface area contributed by atoms with E-state index in [9.17, 15) is 72.8 Å². The summed E-state index contributed by atoms with van der Waals surface area (Å²) in [5.74, 6) is -14.0. The number of ether oxygens (including phenoxy) is 6. The van der Waals surface area contributed by atoms with Crippen LogP contribution in [0.3, 0.4) is 0 Å². The molecule has 6 heterocycles. The number of fused-ring (bicyclic) bond motifs is 6. The number of aryl methyl sites for hydroxylation is 2. The van der Waals surface area contributed by atoms with E-state index >= 15 is 0 Å². The number of ketones is 2. The molecule has 0 spiro atoms. The Morgan fingerprint density at radius 1 is 0.542 bits per heavy atom. The molecule has 14 atom stereocenters. The molecule has 118 heavy (non-hydrogen) atoms. The molecular weight excluding hydrogens is 1570 g/mol. The number of nitrogens with one attached hydrogen (secondary N) is 2. The van der Waals surface area contributed by atoms with Gasteiger partial charge in [-0.2, -0.15) is 0 Å². The molecular formula is C88H118F4N6O18S2. The molecule has 4 aliphatic carbocycles. The molecule has 30 heteroatoms. The molecule has 648 valence electrons. The highest BCUT2D eigenvalue weighted by atomic mass is 32.2. The highest BCUT2D eigenvalue weighted by Gasteiger charge is 2.65. The van der Waals surface area contributed by atoms with Crippen LogP contribution in [0.25, 0.3) is 21.5 Å². The van der Waals surface area contributed by atoms with Crippen LogP contribution in [-0.4, -0.2) is 167 Å². The maximum Gasteiger partial charge on any atom is 0.307 e. The first-order valence-electron chi connectivity index (χ1n) is 41.7. The van der Waals surface area contributed by atoms with Crippen molar-refractivity contribution in [3.05, 3.63) is 84.2 Å². The van der Waals surface area contributed by atoms with Crippen LogP contribution in [-0.2, 0) is 67.9 Å². The summed E-state index contributed by atoms with van der Waals surface area (Å²) in [6.45, 7) is 25.0. The summed E-state index contributed by atoms with van der Waals surface area (Å²) in [5, 5.41) is 2.87. The number of carbonyl (C=O) groups is 8. The summed E-state index contributed by atoms with van der Waals surface area (Å²) in [6.07, 6.45) is 13.7. The molecule has 0 bridgehead atoms. The molecule has 4 saturated carbocycles. The first kappa shape index (κ1) is 90.5. The van der Waals surface area contributed by atoms with Gasteiger partial charge >= 0.3 is 11.9 Å². The minimum atomic E-state index is -4.01. The van der Waals surface area contributed by atoms with E-state index in [0.717, 1.165) is 49.6 Å². The highest BCUT2D eigenvalue weighted by Crippen LogP contribution is 2.60. The SMILES string of the molecule is CCOc1cnc(O[C@@H]2C[C@H]3C(=O)C[C@]4(C(=O)NS(=O)(=O)C5(C)CC5)C[C@H]4/C=C\CC[C@@H](C)C[C@@H](C)[C@H](CC(=O)OC(C)(C)C(C)(F)F)C(=O)N3C2)c2ccc(C)cc12.CCOc1cnc(O[C@@H]2C[C@H]3C(=O)C[C@]4(C(=O)NS(=O)(=O)C5(C)CC5)C[C@H]4/C=C\CC[C@H](C)C[C@@H](C)[C@H](CC(=O)OC(C)(C)C(C)(F)F)C(=O)N3C2)c2ccc(C)cc12. The maximum atomic E-state index is 15.0. The van der Waals surface area contributed by atoms with Gasteiger partial charge in [-0.05, 0) is 206 Å². The number of allylic oxidation sites excluding steroid dienone is 4. The van der Waals surface area contributed by atoms with E-state index in [0.29, 0.717) is 114 Å². The summed E-state index contributed by atoms with van der Waals surface area (Å²) < 4.78 is 149. The van der Waals surface area contributed by atoms with Crippen molar-refractivity contribution in [2.45, 2.75) is 283 Å². The average molecular weight is 1690 g/mol. The van der Waals surface area contributed by atoms with Gasteiger partial charge in [-0.25, -0.2) is 44.4 Å². The van der Waals surface area contributed by atoms with Gasteiger partial charge in [0.2, 0.25) is 55.4 Å². The molecule has 2 N–H and O–H groups in total. The molecule has 24 nitrogen and oxygen atoms in total. The number of esters is 2. The maximum absolute atomic E-state index is 15.0. The lowest BCUT2D eigenvalue weighted by molar-refractivity contribution is -0.197. The zero-order valence-electron chi connectivity index (χ0n) is 70.9. The van der Waals surface area contributed by atoms with Crippen LogP contribution in [0.2, 0.25) is 0 Å². The standard InChI is InChI=1S/2C44H59F2N3O9S/c2*1-9-56-36-24-47-38(31-15-14-27(3)19-33(31)36)57-30-20-34-35(50)23-44(40(53)48-59(54,55)42(7)16-17-42)22-29(44)13-11-10-12-26(2)18-28(4)32(39(52)49(34)25-30)21-37(51)58-41(5,6)43(8,45)46/h2*11,13-15,19,24,26,28-30,32,34H,9-10,12,16-18,20-23,25H2,1-8H3,(H,48,53)/b2*13-11-/t26-,28+,29+,30+,32-,34-,44+;26-,28-,29-,30-,32+,34+,44-/m01/s1. The molecule has 4 aromatic rings. The normalized spacial score (nSPS) is 29.4. The van der Waals surface area contributed by atoms with E-state index in [1.54, 1.807) is 26.2 Å². The Morgan fingerprint density at radius 2 is 0.898 bits per heavy atom. The molecule has 2 saturated heterocycles. The average Bonchev–Trinajstić information content (AvgIpc) is 1.57. The predicted molar refractivity (Wildman–Crippen MR) is 435 cm³/mol. The van der Waals surface area contributed by atoms with Gasteiger partial charge in [0.05, 0.1) is 95.8 Å². The number of pyridine rings is 2. The van der Waals surface area contributed by atoms with Crippen molar-refractivity contribution < 1.29 is 101 Å². The molecule has 6 fully saturated rings. The number of Topliss-reactive ketones (excluding diaryl/α,β-unsaturated/α-hetero) is 2. The molecule has 0 radical (unpaired) electrons. The largest absolute Gasteiger partial charge is 0.492 e.